The molecule has 1 aliphatic heterocycles. The molecule has 1 aliphatic carbocycles. The highest BCUT2D eigenvalue weighted by Gasteiger charge is 2.52. The molecule has 0 atom stereocenters. The van der Waals surface area contributed by atoms with Crippen LogP contribution in [-0.4, -0.2) is 33.5 Å². The Morgan fingerprint density at radius 2 is 2.00 bits per heavy atom. The van der Waals surface area contributed by atoms with Gasteiger partial charge in [-0.15, -0.1) is 0 Å². The molecule has 8 heteroatoms. The normalized spacial score (nSPS) is 20.0. The summed E-state index contributed by atoms with van der Waals surface area (Å²) in [7, 11) is 0. The minimum absolute atomic E-state index is 0.00519. The summed E-state index contributed by atoms with van der Waals surface area (Å²) < 4.78 is 5.01. The van der Waals surface area contributed by atoms with Crippen molar-refractivity contribution in [2.24, 2.45) is 0 Å². The lowest BCUT2D eigenvalue weighted by atomic mass is 9.82. The molecule has 8 nitrogen and oxygen atoms in total. The number of hydrazine groups is 1. The summed E-state index contributed by atoms with van der Waals surface area (Å²) in [6.07, 6.45) is 4.09. The zero-order valence-corrected chi connectivity index (χ0v) is 13.3. The number of hydrogen-bond donors (Lipinski definition) is 2. The van der Waals surface area contributed by atoms with Gasteiger partial charge >= 0.3 is 6.03 Å². The first-order valence-corrected chi connectivity index (χ1v) is 7.81. The van der Waals surface area contributed by atoms with E-state index in [9.17, 15) is 14.4 Å². The van der Waals surface area contributed by atoms with Crippen molar-refractivity contribution in [2.75, 3.05) is 0 Å². The number of amides is 4. The lowest BCUT2D eigenvalue weighted by molar-refractivity contribution is -0.139. The maximum atomic E-state index is 12.6. The fraction of sp³-hybridized carbons (Fsp3) is 0.600. The lowest BCUT2D eigenvalue weighted by Crippen LogP contribution is -2.51. The number of carbonyl (C=O) groups is 3. The highest BCUT2D eigenvalue weighted by Crippen LogP contribution is 2.33. The van der Waals surface area contributed by atoms with E-state index in [-0.39, 0.29) is 12.3 Å². The number of aromatic nitrogens is 1. The summed E-state index contributed by atoms with van der Waals surface area (Å²) in [5.41, 5.74) is 2.86. The molecular formula is C15H20N4O4. The first kappa shape index (κ1) is 15.5. The molecule has 23 heavy (non-hydrogen) atoms. The number of imide groups is 1. The third-order valence-corrected chi connectivity index (χ3v) is 4.62. The molecule has 2 fully saturated rings. The van der Waals surface area contributed by atoms with Crippen LogP contribution in [0.25, 0.3) is 0 Å². The van der Waals surface area contributed by atoms with Gasteiger partial charge in [0.05, 0.1) is 12.1 Å². The molecule has 1 aromatic rings. The molecule has 4 amide bonds. The van der Waals surface area contributed by atoms with Gasteiger partial charge in [0.15, 0.2) is 0 Å². The zero-order valence-electron chi connectivity index (χ0n) is 13.3. The molecule has 2 N–H and O–H groups in total. The average Bonchev–Trinajstić information content (AvgIpc) is 2.94. The molecule has 2 aliphatic rings. The molecule has 0 bridgehead atoms. The van der Waals surface area contributed by atoms with Crippen LogP contribution in [-0.2, 0) is 16.0 Å². The first-order chi connectivity index (χ1) is 10.9. The third kappa shape index (κ3) is 2.69. The highest BCUT2D eigenvalue weighted by molar-refractivity contribution is 6.08. The van der Waals surface area contributed by atoms with Crippen LogP contribution in [0, 0.1) is 13.8 Å². The second kappa shape index (κ2) is 5.68. The Morgan fingerprint density at radius 3 is 2.61 bits per heavy atom. The number of nitrogens with one attached hydrogen (secondary N) is 2. The van der Waals surface area contributed by atoms with Crippen molar-refractivity contribution < 1.29 is 18.9 Å². The Kier molecular flexibility index (Phi) is 3.83. The maximum Gasteiger partial charge on any atom is 0.344 e. The second-order valence-electron chi connectivity index (χ2n) is 6.23. The van der Waals surface area contributed by atoms with Crippen LogP contribution in [0.2, 0.25) is 0 Å². The largest absolute Gasteiger partial charge is 0.361 e. The van der Waals surface area contributed by atoms with Crippen LogP contribution in [0.5, 0.6) is 0 Å². The minimum Gasteiger partial charge on any atom is -0.361 e. The van der Waals surface area contributed by atoms with Gasteiger partial charge in [0, 0.05) is 5.56 Å². The number of hydrogen-bond acceptors (Lipinski definition) is 5. The molecule has 2 heterocycles. The first-order valence-electron chi connectivity index (χ1n) is 7.81. The summed E-state index contributed by atoms with van der Waals surface area (Å²) in [4.78, 5) is 36.8. The SMILES string of the molecule is Cc1noc(C)c1CC(=O)NN1C(=O)NC2(CCCCC2)C1=O. The fourth-order valence-electron chi connectivity index (χ4n) is 3.30. The Labute approximate surface area is 133 Å². The summed E-state index contributed by atoms with van der Waals surface area (Å²) in [6, 6.07) is -0.566. The topological polar surface area (TPSA) is 105 Å². The summed E-state index contributed by atoms with van der Waals surface area (Å²) in [5, 5.41) is 7.34. The van der Waals surface area contributed by atoms with Crippen molar-refractivity contribution in [1.82, 2.24) is 20.9 Å². The standard InChI is InChI=1S/C15H20N4O4/c1-9-11(10(2)23-18-9)8-12(20)17-19-13(21)15(16-14(19)22)6-4-3-5-7-15/h3-8H2,1-2H3,(H,16,22)(H,17,20). The Balaban J connectivity index is 1.69. The van der Waals surface area contributed by atoms with Gasteiger partial charge in [-0.05, 0) is 26.7 Å². The van der Waals surface area contributed by atoms with Gasteiger partial charge in [0.2, 0.25) is 5.91 Å². The molecule has 1 spiro atoms. The number of rotatable bonds is 3. The number of nitrogens with zero attached hydrogens (tertiary/aromatic N) is 2. The van der Waals surface area contributed by atoms with Crippen LogP contribution in [0.15, 0.2) is 4.52 Å². The highest BCUT2D eigenvalue weighted by atomic mass is 16.5. The van der Waals surface area contributed by atoms with E-state index in [1.807, 2.05) is 0 Å². The predicted molar refractivity (Wildman–Crippen MR) is 79.0 cm³/mol. The van der Waals surface area contributed by atoms with Gasteiger partial charge in [-0.2, -0.15) is 5.01 Å². The zero-order chi connectivity index (χ0) is 16.6. The van der Waals surface area contributed by atoms with Crippen molar-refractivity contribution in [1.29, 1.82) is 0 Å². The van der Waals surface area contributed by atoms with Crippen LogP contribution >= 0.6 is 0 Å². The van der Waals surface area contributed by atoms with Crippen LogP contribution in [0.4, 0.5) is 4.79 Å². The van der Waals surface area contributed by atoms with E-state index in [0.717, 1.165) is 24.3 Å². The van der Waals surface area contributed by atoms with Crippen LogP contribution in [0.1, 0.15) is 49.1 Å². The molecule has 3 rings (SSSR count). The van der Waals surface area contributed by atoms with Gasteiger partial charge in [0.1, 0.15) is 11.3 Å². The summed E-state index contributed by atoms with van der Waals surface area (Å²) >= 11 is 0. The summed E-state index contributed by atoms with van der Waals surface area (Å²) in [5.74, 6) is -0.260. The van der Waals surface area contributed by atoms with Crippen LogP contribution < -0.4 is 10.7 Å². The molecule has 1 saturated heterocycles. The number of urea groups is 1. The Bertz CT molecular complexity index is 641. The van der Waals surface area contributed by atoms with Crippen molar-refractivity contribution >= 4 is 17.8 Å². The fourth-order valence-corrected chi connectivity index (χ4v) is 3.30. The maximum absolute atomic E-state index is 12.6. The molecule has 0 aromatic carbocycles. The lowest BCUT2D eigenvalue weighted by Gasteiger charge is -2.30. The van der Waals surface area contributed by atoms with Gasteiger partial charge in [-0.25, -0.2) is 4.79 Å². The Morgan fingerprint density at radius 1 is 1.30 bits per heavy atom. The van der Waals surface area contributed by atoms with Gasteiger partial charge < -0.3 is 9.84 Å². The van der Waals surface area contributed by atoms with Gasteiger partial charge in [-0.3, -0.25) is 15.0 Å². The van der Waals surface area contributed by atoms with Gasteiger partial charge in [0.25, 0.3) is 5.91 Å². The third-order valence-electron chi connectivity index (χ3n) is 4.62. The van der Waals surface area contributed by atoms with E-state index >= 15 is 0 Å². The Hall–Kier alpha value is -2.38. The number of aryl methyl sites for hydroxylation is 2. The van der Waals surface area contributed by atoms with Crippen molar-refractivity contribution in [2.45, 2.75) is 57.9 Å². The monoisotopic (exact) mass is 320 g/mol. The molecular weight excluding hydrogens is 300 g/mol. The quantitative estimate of drug-likeness (QED) is 0.812. The van der Waals surface area contributed by atoms with E-state index in [1.54, 1.807) is 13.8 Å². The molecule has 1 saturated carbocycles. The molecule has 0 unspecified atom stereocenters. The second-order valence-corrected chi connectivity index (χ2v) is 6.23. The van der Waals surface area contributed by atoms with Crippen molar-refractivity contribution in [3.05, 3.63) is 17.0 Å². The smallest absolute Gasteiger partial charge is 0.344 e. The van der Waals surface area contributed by atoms with E-state index in [1.165, 1.54) is 0 Å². The van der Waals surface area contributed by atoms with E-state index in [2.05, 4.69) is 15.9 Å². The van der Waals surface area contributed by atoms with Crippen LogP contribution in [0.3, 0.4) is 0 Å². The minimum atomic E-state index is -0.842. The molecule has 0 radical (unpaired) electrons. The van der Waals surface area contributed by atoms with Crippen molar-refractivity contribution in [3.8, 4) is 0 Å². The van der Waals surface area contributed by atoms with Gasteiger partial charge in [-0.1, -0.05) is 24.4 Å². The van der Waals surface area contributed by atoms with Crippen molar-refractivity contribution in [3.63, 3.8) is 0 Å². The number of carbonyl (C=O) groups excluding carboxylic acids is 3. The van der Waals surface area contributed by atoms with E-state index in [4.69, 9.17) is 4.52 Å². The molecule has 1 aromatic heterocycles. The molecule has 124 valence electrons. The van der Waals surface area contributed by atoms with E-state index < -0.39 is 17.5 Å². The van der Waals surface area contributed by atoms with E-state index in [0.29, 0.717) is 29.9 Å². The average molecular weight is 320 g/mol. The summed E-state index contributed by atoms with van der Waals surface area (Å²) in [6.45, 7) is 3.46. The predicted octanol–water partition coefficient (Wildman–Crippen LogP) is 1.12.